The number of hydrogen-bond donors (Lipinski definition) is 1. The third kappa shape index (κ3) is 6.21. The van der Waals surface area contributed by atoms with Gasteiger partial charge in [0.2, 0.25) is 0 Å². The molecule has 0 radical (unpaired) electrons. The highest BCUT2D eigenvalue weighted by molar-refractivity contribution is 6.50. The molecule has 3 nitrogen and oxygen atoms in total. The van der Waals surface area contributed by atoms with Crippen molar-refractivity contribution in [2.24, 2.45) is 0 Å². The van der Waals surface area contributed by atoms with Crippen molar-refractivity contribution in [3.05, 3.63) is 12.4 Å². The van der Waals surface area contributed by atoms with Crippen LogP contribution in [0.3, 0.4) is 0 Å². The molecule has 1 rings (SSSR count). The lowest BCUT2D eigenvalue weighted by molar-refractivity contribution is 0.100. The van der Waals surface area contributed by atoms with Crippen LogP contribution >= 0.6 is 0 Å². The molecule has 0 amide bonds. The van der Waals surface area contributed by atoms with Gasteiger partial charge in [-0.25, -0.2) is 0 Å². The van der Waals surface area contributed by atoms with Crippen LogP contribution < -0.4 is 0 Å². The van der Waals surface area contributed by atoms with E-state index in [1.54, 1.807) is 0 Å². The molecule has 0 spiro atoms. The smallest absolute Gasteiger partial charge is 0.418 e. The molecule has 1 aliphatic rings. The van der Waals surface area contributed by atoms with Crippen LogP contribution in [0.2, 0.25) is 0 Å². The Morgan fingerprint density at radius 3 is 2.07 bits per heavy atom. The Morgan fingerprint density at radius 1 is 1.33 bits per heavy atom. The molecule has 0 aromatic carbocycles. The molecule has 1 heterocycles. The SMILES string of the molecule is CCN1C=CN(C)C1CO.F[B-](F)(F)F.[H+]. The van der Waals surface area contributed by atoms with E-state index in [0.29, 0.717) is 0 Å². The average Bonchev–Trinajstić information content (AvgIpc) is 2.43. The van der Waals surface area contributed by atoms with E-state index in [9.17, 15) is 17.3 Å². The largest absolute Gasteiger partial charge is 1.00 e. The summed E-state index contributed by atoms with van der Waals surface area (Å²) in [5.74, 6) is 0. The first-order valence-corrected chi connectivity index (χ1v) is 4.43. The normalized spacial score (nSPS) is 20.3. The van der Waals surface area contributed by atoms with E-state index in [-0.39, 0.29) is 14.2 Å². The van der Waals surface area contributed by atoms with Gasteiger partial charge >= 0.3 is 8.68 Å². The summed E-state index contributed by atoms with van der Waals surface area (Å²) in [5, 5.41) is 8.91. The molecule has 1 unspecified atom stereocenters. The highest BCUT2D eigenvalue weighted by Crippen LogP contribution is 2.11. The maximum atomic E-state index is 9.75. The predicted molar refractivity (Wildman–Crippen MR) is 51.5 cm³/mol. The lowest BCUT2D eigenvalue weighted by Gasteiger charge is -2.27. The Kier molecular flexibility index (Phi) is 5.49. The average molecular weight is 230 g/mol. The fourth-order valence-corrected chi connectivity index (χ4v) is 1.17. The number of hydrogen-bond acceptors (Lipinski definition) is 3. The van der Waals surface area contributed by atoms with E-state index in [0.717, 1.165) is 6.54 Å². The molecule has 0 saturated heterocycles. The zero-order valence-electron chi connectivity index (χ0n) is 9.58. The van der Waals surface area contributed by atoms with Crippen molar-refractivity contribution < 1.29 is 23.8 Å². The van der Waals surface area contributed by atoms with Crippen molar-refractivity contribution in [1.82, 2.24) is 9.80 Å². The van der Waals surface area contributed by atoms with E-state index < -0.39 is 7.25 Å². The zero-order valence-corrected chi connectivity index (χ0v) is 8.58. The van der Waals surface area contributed by atoms with Gasteiger partial charge in [0.15, 0.2) is 0 Å². The van der Waals surface area contributed by atoms with Crippen LogP contribution in [0.15, 0.2) is 12.4 Å². The molecule has 0 aromatic heterocycles. The third-order valence-electron chi connectivity index (χ3n) is 1.87. The van der Waals surface area contributed by atoms with E-state index in [1.165, 1.54) is 0 Å². The van der Waals surface area contributed by atoms with Crippen LogP contribution in [-0.2, 0) is 0 Å². The van der Waals surface area contributed by atoms with Crippen molar-refractivity contribution >= 4 is 7.25 Å². The van der Waals surface area contributed by atoms with Gasteiger partial charge < -0.3 is 32.2 Å². The van der Waals surface area contributed by atoms with Gasteiger partial charge in [-0.15, -0.1) is 0 Å². The number of aliphatic hydroxyl groups is 1. The van der Waals surface area contributed by atoms with Gasteiger partial charge in [0.25, 0.3) is 0 Å². The maximum absolute atomic E-state index is 9.75. The van der Waals surface area contributed by atoms with E-state index in [2.05, 4.69) is 11.8 Å². The van der Waals surface area contributed by atoms with Crippen LogP contribution in [0.5, 0.6) is 0 Å². The molecule has 0 aliphatic carbocycles. The standard InChI is InChI=1S/C7H14N2O.BF4/c1-3-9-5-4-8(2)7(9)6-10;2-1(3,4)5/h4-5,7,10H,3,6H2,1-2H3;/q;-1/p+1. The Bertz CT molecular complexity index is 211. The first kappa shape index (κ1) is 14.1. The zero-order chi connectivity index (χ0) is 12.1. The van der Waals surface area contributed by atoms with Gasteiger partial charge in [0, 0.05) is 26.0 Å². The third-order valence-corrected chi connectivity index (χ3v) is 1.87. The van der Waals surface area contributed by atoms with Crippen LogP contribution in [0.1, 0.15) is 8.35 Å². The highest BCUT2D eigenvalue weighted by atomic mass is 19.5. The summed E-state index contributed by atoms with van der Waals surface area (Å²) >= 11 is 0. The molecule has 1 N–H and O–H groups in total. The highest BCUT2D eigenvalue weighted by Gasteiger charge is 2.21. The molecule has 15 heavy (non-hydrogen) atoms. The van der Waals surface area contributed by atoms with Crippen molar-refractivity contribution in [2.75, 3.05) is 20.2 Å². The van der Waals surface area contributed by atoms with E-state index in [4.69, 9.17) is 5.11 Å². The van der Waals surface area contributed by atoms with Crippen LogP contribution in [0.25, 0.3) is 0 Å². The number of nitrogens with zero attached hydrogens (tertiary/aromatic N) is 2. The lowest BCUT2D eigenvalue weighted by atomic mass is 10.3. The molecule has 90 valence electrons. The van der Waals surface area contributed by atoms with Crippen molar-refractivity contribution in [2.45, 2.75) is 13.1 Å². The molecular formula is C7H15BF4N2O. The number of halogens is 4. The van der Waals surface area contributed by atoms with Crippen LogP contribution in [0.4, 0.5) is 17.3 Å². The Balaban J connectivity index is 0. The first-order valence-electron chi connectivity index (χ1n) is 4.43. The van der Waals surface area contributed by atoms with E-state index >= 15 is 0 Å². The maximum Gasteiger partial charge on any atom is 1.00 e. The molecule has 1 aliphatic heterocycles. The molecule has 0 aromatic rings. The summed E-state index contributed by atoms with van der Waals surface area (Å²) in [6, 6.07) is 0. The summed E-state index contributed by atoms with van der Waals surface area (Å²) in [7, 11) is -4.03. The fraction of sp³-hybridized carbons (Fsp3) is 0.714. The molecule has 1 atom stereocenters. The topological polar surface area (TPSA) is 26.7 Å². The molecule has 0 bridgehead atoms. The van der Waals surface area contributed by atoms with Gasteiger partial charge in [-0.3, -0.25) is 0 Å². The Labute approximate surface area is 87.6 Å². The lowest BCUT2D eigenvalue weighted by Crippen LogP contribution is -2.39. The summed E-state index contributed by atoms with van der Waals surface area (Å²) < 4.78 is 39.0. The van der Waals surface area contributed by atoms with Crippen LogP contribution in [0, 0.1) is 0 Å². The second kappa shape index (κ2) is 5.84. The van der Waals surface area contributed by atoms with Crippen molar-refractivity contribution in [3.63, 3.8) is 0 Å². The summed E-state index contributed by atoms with van der Waals surface area (Å²) in [6.07, 6.45) is 4.13. The minimum atomic E-state index is -6.00. The van der Waals surface area contributed by atoms with Crippen molar-refractivity contribution in [3.8, 4) is 0 Å². The number of likely N-dealkylation sites (N-methyl/N-ethyl adjacent to an activating group) is 2. The second-order valence-electron chi connectivity index (χ2n) is 2.95. The Hall–Kier alpha value is -0.915. The monoisotopic (exact) mass is 230 g/mol. The molecular weight excluding hydrogens is 215 g/mol. The van der Waals surface area contributed by atoms with Gasteiger partial charge in [-0.1, -0.05) is 0 Å². The first-order chi connectivity index (χ1) is 6.79. The summed E-state index contributed by atoms with van der Waals surface area (Å²) in [5.41, 5.74) is 0. The van der Waals surface area contributed by atoms with Crippen molar-refractivity contribution in [1.29, 1.82) is 0 Å². The van der Waals surface area contributed by atoms with Gasteiger partial charge in [-0.2, -0.15) is 0 Å². The van der Waals surface area contributed by atoms with E-state index in [1.807, 2.05) is 24.3 Å². The second-order valence-corrected chi connectivity index (χ2v) is 2.95. The minimum Gasteiger partial charge on any atom is -0.418 e. The predicted octanol–water partition coefficient (Wildman–Crippen LogP) is 1.46. The number of aliphatic hydroxyl groups excluding tert-OH is 1. The molecule has 0 fully saturated rings. The van der Waals surface area contributed by atoms with Gasteiger partial charge in [0.05, 0.1) is 6.61 Å². The molecule has 8 heteroatoms. The van der Waals surface area contributed by atoms with Crippen LogP contribution in [-0.4, -0.2) is 48.5 Å². The number of rotatable bonds is 2. The van der Waals surface area contributed by atoms with Gasteiger partial charge in [-0.05, 0) is 6.92 Å². The Morgan fingerprint density at radius 2 is 1.80 bits per heavy atom. The summed E-state index contributed by atoms with van der Waals surface area (Å²) in [6.45, 7) is 3.22. The fourth-order valence-electron chi connectivity index (χ4n) is 1.17. The van der Waals surface area contributed by atoms with Gasteiger partial charge in [0.1, 0.15) is 6.17 Å². The summed E-state index contributed by atoms with van der Waals surface area (Å²) in [4.78, 5) is 4.10. The molecule has 0 saturated carbocycles. The quantitative estimate of drug-likeness (QED) is 0.574. The minimum absolute atomic E-state index is 0.